The summed E-state index contributed by atoms with van der Waals surface area (Å²) in [7, 11) is 0. The monoisotopic (exact) mass is 283 g/mol. The molecule has 0 amide bonds. The maximum absolute atomic E-state index is 4.89. The Morgan fingerprint density at radius 3 is 2.52 bits per heavy atom. The number of pyridine rings is 1. The Hall–Kier alpha value is -1.64. The second-order valence-electron chi connectivity index (χ2n) is 6.20. The van der Waals surface area contributed by atoms with E-state index in [9.17, 15) is 0 Å². The van der Waals surface area contributed by atoms with Crippen molar-refractivity contribution in [1.29, 1.82) is 0 Å². The van der Waals surface area contributed by atoms with Gasteiger partial charge in [0.05, 0.1) is 5.69 Å². The van der Waals surface area contributed by atoms with Gasteiger partial charge >= 0.3 is 0 Å². The zero-order chi connectivity index (χ0) is 15.0. The lowest BCUT2D eigenvalue weighted by Gasteiger charge is -2.18. The third-order valence-corrected chi connectivity index (χ3v) is 4.57. The molecule has 2 aromatic rings. The van der Waals surface area contributed by atoms with E-state index in [4.69, 9.17) is 4.98 Å². The SMILES string of the molecule is CCc1nc(-c2ccc(C)nc2C)cn1C(CC)C1CC1. The molecule has 3 rings (SSSR count). The number of hydrogen-bond acceptors (Lipinski definition) is 2. The molecule has 21 heavy (non-hydrogen) atoms. The molecule has 1 aliphatic carbocycles. The van der Waals surface area contributed by atoms with Gasteiger partial charge in [-0.2, -0.15) is 0 Å². The van der Waals surface area contributed by atoms with Crippen molar-refractivity contribution in [2.24, 2.45) is 5.92 Å². The number of rotatable bonds is 5. The summed E-state index contributed by atoms with van der Waals surface area (Å²) in [6, 6.07) is 4.85. The Kier molecular flexibility index (Phi) is 3.83. The number of nitrogens with zero attached hydrogens (tertiary/aromatic N) is 3. The van der Waals surface area contributed by atoms with Crippen molar-refractivity contribution >= 4 is 0 Å². The average molecular weight is 283 g/mol. The summed E-state index contributed by atoms with van der Waals surface area (Å²) < 4.78 is 2.44. The van der Waals surface area contributed by atoms with Gasteiger partial charge < -0.3 is 4.57 Å². The lowest BCUT2D eigenvalue weighted by atomic mass is 10.1. The highest BCUT2D eigenvalue weighted by Crippen LogP contribution is 2.42. The molecule has 112 valence electrons. The van der Waals surface area contributed by atoms with Crippen LogP contribution >= 0.6 is 0 Å². The molecule has 1 atom stereocenters. The molecule has 0 radical (unpaired) electrons. The van der Waals surface area contributed by atoms with Gasteiger partial charge in [-0.15, -0.1) is 0 Å². The molecule has 0 N–H and O–H groups in total. The van der Waals surface area contributed by atoms with Gasteiger partial charge in [-0.25, -0.2) is 4.98 Å². The van der Waals surface area contributed by atoms with Crippen LogP contribution in [0.1, 0.15) is 56.4 Å². The van der Waals surface area contributed by atoms with Gasteiger partial charge in [-0.1, -0.05) is 13.8 Å². The molecule has 2 aromatic heterocycles. The van der Waals surface area contributed by atoms with Crippen LogP contribution in [0.5, 0.6) is 0 Å². The Morgan fingerprint density at radius 2 is 1.95 bits per heavy atom. The molecule has 0 bridgehead atoms. The van der Waals surface area contributed by atoms with Crippen molar-refractivity contribution in [2.45, 2.75) is 59.4 Å². The number of aromatic nitrogens is 3. The highest BCUT2D eigenvalue weighted by atomic mass is 15.1. The fraction of sp³-hybridized carbons (Fsp3) is 0.556. The summed E-state index contributed by atoms with van der Waals surface area (Å²) >= 11 is 0. The Labute approximate surface area is 127 Å². The van der Waals surface area contributed by atoms with E-state index in [-0.39, 0.29) is 0 Å². The summed E-state index contributed by atoms with van der Waals surface area (Å²) in [6.45, 7) is 8.60. The average Bonchev–Trinajstić information content (AvgIpc) is 3.20. The number of aryl methyl sites for hydroxylation is 3. The summed E-state index contributed by atoms with van der Waals surface area (Å²) in [5.74, 6) is 2.07. The molecule has 2 heterocycles. The van der Waals surface area contributed by atoms with E-state index in [2.05, 4.69) is 48.7 Å². The zero-order valence-electron chi connectivity index (χ0n) is 13.6. The minimum atomic E-state index is 0.625. The van der Waals surface area contributed by atoms with Gasteiger partial charge in [0.2, 0.25) is 0 Å². The molecule has 3 heteroatoms. The van der Waals surface area contributed by atoms with Gasteiger partial charge in [0.15, 0.2) is 0 Å². The van der Waals surface area contributed by atoms with Crippen LogP contribution in [0.25, 0.3) is 11.3 Å². The van der Waals surface area contributed by atoms with Crippen LogP contribution < -0.4 is 0 Å². The largest absolute Gasteiger partial charge is 0.331 e. The van der Waals surface area contributed by atoms with E-state index in [1.807, 2.05) is 6.92 Å². The second kappa shape index (κ2) is 5.63. The Morgan fingerprint density at radius 1 is 1.19 bits per heavy atom. The molecule has 0 aromatic carbocycles. The first-order valence-electron chi connectivity index (χ1n) is 8.16. The zero-order valence-corrected chi connectivity index (χ0v) is 13.6. The van der Waals surface area contributed by atoms with Crippen LogP contribution in [0.2, 0.25) is 0 Å². The van der Waals surface area contributed by atoms with Crippen LogP contribution in [-0.2, 0) is 6.42 Å². The highest BCUT2D eigenvalue weighted by Gasteiger charge is 2.32. The predicted octanol–water partition coefficient (Wildman–Crippen LogP) is 4.49. The van der Waals surface area contributed by atoms with Crippen molar-refractivity contribution in [3.8, 4) is 11.3 Å². The van der Waals surface area contributed by atoms with Gasteiger partial charge in [0, 0.05) is 35.6 Å². The van der Waals surface area contributed by atoms with E-state index < -0.39 is 0 Å². The molecule has 0 aliphatic heterocycles. The fourth-order valence-corrected chi connectivity index (χ4v) is 3.31. The Bertz CT molecular complexity index is 638. The molecule has 0 spiro atoms. The van der Waals surface area contributed by atoms with E-state index in [0.717, 1.165) is 29.4 Å². The van der Waals surface area contributed by atoms with Crippen LogP contribution in [-0.4, -0.2) is 14.5 Å². The van der Waals surface area contributed by atoms with Gasteiger partial charge in [-0.3, -0.25) is 4.98 Å². The van der Waals surface area contributed by atoms with Crippen LogP contribution in [0.3, 0.4) is 0 Å². The third-order valence-electron chi connectivity index (χ3n) is 4.57. The number of imidazole rings is 1. The summed E-state index contributed by atoms with van der Waals surface area (Å²) in [5.41, 5.74) is 4.38. The minimum absolute atomic E-state index is 0.625. The lowest BCUT2D eigenvalue weighted by Crippen LogP contribution is -2.12. The van der Waals surface area contributed by atoms with Crippen molar-refractivity contribution in [2.75, 3.05) is 0 Å². The predicted molar refractivity (Wildman–Crippen MR) is 86.4 cm³/mol. The summed E-state index contributed by atoms with van der Waals surface area (Å²) in [5, 5.41) is 0. The van der Waals surface area contributed by atoms with E-state index in [1.165, 1.54) is 30.7 Å². The molecule has 1 saturated carbocycles. The van der Waals surface area contributed by atoms with Crippen molar-refractivity contribution < 1.29 is 0 Å². The van der Waals surface area contributed by atoms with Crippen LogP contribution in [0, 0.1) is 19.8 Å². The molecule has 3 nitrogen and oxygen atoms in total. The smallest absolute Gasteiger partial charge is 0.109 e. The maximum Gasteiger partial charge on any atom is 0.109 e. The third kappa shape index (κ3) is 2.74. The molecular weight excluding hydrogens is 258 g/mol. The van der Waals surface area contributed by atoms with Crippen molar-refractivity contribution in [1.82, 2.24) is 14.5 Å². The molecule has 1 unspecified atom stereocenters. The summed E-state index contributed by atoms with van der Waals surface area (Å²) in [4.78, 5) is 9.47. The van der Waals surface area contributed by atoms with E-state index >= 15 is 0 Å². The first-order valence-corrected chi connectivity index (χ1v) is 8.16. The first-order chi connectivity index (χ1) is 10.1. The normalized spacial score (nSPS) is 16.2. The molecule has 1 aliphatic rings. The first kappa shape index (κ1) is 14.3. The molecule has 0 saturated heterocycles. The quantitative estimate of drug-likeness (QED) is 0.809. The molecular formula is C18H25N3. The van der Waals surface area contributed by atoms with E-state index in [0.29, 0.717) is 6.04 Å². The molecule has 1 fully saturated rings. The maximum atomic E-state index is 4.89. The second-order valence-corrected chi connectivity index (χ2v) is 6.20. The van der Waals surface area contributed by atoms with Crippen molar-refractivity contribution in [3.05, 3.63) is 35.5 Å². The Balaban J connectivity index is 2.02. The van der Waals surface area contributed by atoms with Crippen LogP contribution in [0.15, 0.2) is 18.3 Å². The van der Waals surface area contributed by atoms with Crippen molar-refractivity contribution in [3.63, 3.8) is 0 Å². The van der Waals surface area contributed by atoms with Gasteiger partial charge in [-0.05, 0) is 51.2 Å². The van der Waals surface area contributed by atoms with E-state index in [1.54, 1.807) is 0 Å². The topological polar surface area (TPSA) is 30.7 Å². The highest BCUT2D eigenvalue weighted by molar-refractivity contribution is 5.61. The fourth-order valence-electron chi connectivity index (χ4n) is 3.31. The van der Waals surface area contributed by atoms with Gasteiger partial charge in [0.1, 0.15) is 5.82 Å². The lowest BCUT2D eigenvalue weighted by molar-refractivity contribution is 0.419. The summed E-state index contributed by atoms with van der Waals surface area (Å²) in [6.07, 6.45) is 7.19. The standard InChI is InChI=1S/C18H25N3/c1-5-17(14-8-9-14)21-11-16(20-18(21)6-2)15-10-7-12(3)19-13(15)4/h7,10-11,14,17H,5-6,8-9H2,1-4H3. The number of hydrogen-bond donors (Lipinski definition) is 0. The van der Waals surface area contributed by atoms with Gasteiger partial charge in [0.25, 0.3) is 0 Å². The minimum Gasteiger partial charge on any atom is -0.331 e. The van der Waals surface area contributed by atoms with Crippen LogP contribution in [0.4, 0.5) is 0 Å².